The Morgan fingerprint density at radius 2 is 2.00 bits per heavy atom. The van der Waals surface area contributed by atoms with Crippen LogP contribution in [0.1, 0.15) is 39.4 Å². The van der Waals surface area contributed by atoms with E-state index in [0.29, 0.717) is 6.04 Å². The molecule has 19 heavy (non-hydrogen) atoms. The second-order valence-corrected chi connectivity index (χ2v) is 4.66. The number of hydrogen-bond donors (Lipinski definition) is 2. The van der Waals surface area contributed by atoms with Gasteiger partial charge in [-0.2, -0.15) is 0 Å². The van der Waals surface area contributed by atoms with Crippen LogP contribution in [-0.4, -0.2) is 36.3 Å². The number of nitrogens with zero attached hydrogens (tertiary/aromatic N) is 2. The lowest BCUT2D eigenvalue weighted by Crippen LogP contribution is -2.19. The molecule has 108 valence electrons. The summed E-state index contributed by atoms with van der Waals surface area (Å²) in [5.74, 6) is 2.65. The monoisotopic (exact) mass is 266 g/mol. The van der Waals surface area contributed by atoms with E-state index in [0.717, 1.165) is 49.9 Å². The van der Waals surface area contributed by atoms with Crippen molar-refractivity contribution >= 4 is 11.6 Å². The second kappa shape index (κ2) is 8.69. The predicted molar refractivity (Wildman–Crippen MR) is 79.8 cm³/mol. The molecule has 0 saturated carbocycles. The average molecular weight is 266 g/mol. The molecule has 0 fully saturated rings. The molecule has 1 aromatic heterocycles. The lowest BCUT2D eigenvalue weighted by molar-refractivity contribution is 0.191. The molecular formula is C14H26N4O. The summed E-state index contributed by atoms with van der Waals surface area (Å²) in [5, 5.41) is 6.71. The molecule has 5 heteroatoms. The van der Waals surface area contributed by atoms with Crippen molar-refractivity contribution < 1.29 is 4.74 Å². The molecule has 1 rings (SSSR count). The van der Waals surface area contributed by atoms with Gasteiger partial charge in [0.15, 0.2) is 0 Å². The molecule has 0 saturated heterocycles. The van der Waals surface area contributed by atoms with Crippen LogP contribution >= 0.6 is 0 Å². The second-order valence-electron chi connectivity index (χ2n) is 4.66. The van der Waals surface area contributed by atoms with Crippen LogP contribution in [0.3, 0.4) is 0 Å². The van der Waals surface area contributed by atoms with Crippen molar-refractivity contribution in [2.75, 3.05) is 30.9 Å². The highest BCUT2D eigenvalue weighted by atomic mass is 16.5. The summed E-state index contributed by atoms with van der Waals surface area (Å²) in [6, 6.07) is 2.30. The maximum Gasteiger partial charge on any atom is 0.132 e. The summed E-state index contributed by atoms with van der Waals surface area (Å²) in [5.41, 5.74) is 0. The Morgan fingerprint density at radius 1 is 1.26 bits per heavy atom. The van der Waals surface area contributed by atoms with Crippen LogP contribution in [-0.2, 0) is 11.2 Å². The normalized spacial score (nSPS) is 12.2. The molecule has 1 unspecified atom stereocenters. The van der Waals surface area contributed by atoms with E-state index in [1.165, 1.54) is 0 Å². The van der Waals surface area contributed by atoms with Gasteiger partial charge < -0.3 is 15.4 Å². The highest BCUT2D eigenvalue weighted by molar-refractivity contribution is 5.48. The van der Waals surface area contributed by atoms with Gasteiger partial charge in [-0.1, -0.05) is 13.8 Å². The SMILES string of the molecule is CCCNc1cc(NC(C)CCOC)nc(CC)n1. The van der Waals surface area contributed by atoms with Crippen molar-refractivity contribution in [1.82, 2.24) is 9.97 Å². The van der Waals surface area contributed by atoms with Crippen LogP contribution in [0.5, 0.6) is 0 Å². The minimum Gasteiger partial charge on any atom is -0.385 e. The molecule has 5 nitrogen and oxygen atoms in total. The summed E-state index contributed by atoms with van der Waals surface area (Å²) in [7, 11) is 1.72. The zero-order valence-electron chi connectivity index (χ0n) is 12.5. The van der Waals surface area contributed by atoms with Crippen LogP contribution in [0, 0.1) is 0 Å². The molecule has 1 atom stereocenters. The number of anilines is 2. The van der Waals surface area contributed by atoms with Crippen LogP contribution in [0.25, 0.3) is 0 Å². The first kappa shape index (κ1) is 15.7. The van der Waals surface area contributed by atoms with Gasteiger partial charge in [-0.05, 0) is 19.8 Å². The fraction of sp³-hybridized carbons (Fsp3) is 0.714. The Morgan fingerprint density at radius 3 is 2.63 bits per heavy atom. The third-order valence-corrected chi connectivity index (χ3v) is 2.79. The van der Waals surface area contributed by atoms with Gasteiger partial charge in [0.05, 0.1) is 0 Å². The molecular weight excluding hydrogens is 240 g/mol. The summed E-state index contributed by atoms with van der Waals surface area (Å²) in [4.78, 5) is 8.98. The van der Waals surface area contributed by atoms with Gasteiger partial charge in [0.2, 0.25) is 0 Å². The Bertz CT molecular complexity index is 370. The zero-order valence-corrected chi connectivity index (χ0v) is 12.5. The third-order valence-electron chi connectivity index (χ3n) is 2.79. The molecule has 0 bridgehead atoms. The fourth-order valence-electron chi connectivity index (χ4n) is 1.69. The molecule has 0 spiro atoms. The molecule has 0 aromatic carbocycles. The van der Waals surface area contributed by atoms with Crippen molar-refractivity contribution in [3.8, 4) is 0 Å². The van der Waals surface area contributed by atoms with Gasteiger partial charge >= 0.3 is 0 Å². The average Bonchev–Trinajstić information content (AvgIpc) is 2.42. The Balaban J connectivity index is 2.69. The van der Waals surface area contributed by atoms with E-state index in [9.17, 15) is 0 Å². The van der Waals surface area contributed by atoms with Crippen molar-refractivity contribution in [2.45, 2.75) is 46.1 Å². The Labute approximate surface area is 116 Å². The van der Waals surface area contributed by atoms with Crippen LogP contribution in [0.2, 0.25) is 0 Å². The minimum absolute atomic E-state index is 0.332. The molecule has 0 radical (unpaired) electrons. The number of nitrogens with one attached hydrogen (secondary N) is 2. The van der Waals surface area contributed by atoms with E-state index in [1.807, 2.05) is 6.07 Å². The Kier molecular flexibility index (Phi) is 7.18. The molecule has 1 aromatic rings. The minimum atomic E-state index is 0.332. The van der Waals surface area contributed by atoms with Gasteiger partial charge in [-0.15, -0.1) is 0 Å². The number of hydrogen-bond acceptors (Lipinski definition) is 5. The predicted octanol–water partition coefficient (Wildman–Crippen LogP) is 2.70. The van der Waals surface area contributed by atoms with Gasteiger partial charge in [-0.3, -0.25) is 0 Å². The highest BCUT2D eigenvalue weighted by Gasteiger charge is 2.06. The summed E-state index contributed by atoms with van der Waals surface area (Å²) >= 11 is 0. The molecule has 0 aliphatic heterocycles. The van der Waals surface area contributed by atoms with Crippen molar-refractivity contribution in [2.24, 2.45) is 0 Å². The Hall–Kier alpha value is -1.36. The number of ether oxygens (including phenoxy) is 1. The molecule has 0 amide bonds. The first-order valence-electron chi connectivity index (χ1n) is 7.06. The van der Waals surface area contributed by atoms with Gasteiger partial charge in [0, 0.05) is 38.8 Å². The summed E-state index contributed by atoms with van der Waals surface area (Å²) in [6.45, 7) is 8.02. The van der Waals surface area contributed by atoms with Gasteiger partial charge in [0.1, 0.15) is 17.5 Å². The lowest BCUT2D eigenvalue weighted by Gasteiger charge is -2.15. The maximum absolute atomic E-state index is 5.09. The van der Waals surface area contributed by atoms with E-state index < -0.39 is 0 Å². The van der Waals surface area contributed by atoms with Crippen LogP contribution in [0.4, 0.5) is 11.6 Å². The van der Waals surface area contributed by atoms with Crippen molar-refractivity contribution in [3.63, 3.8) is 0 Å². The van der Waals surface area contributed by atoms with Crippen molar-refractivity contribution in [3.05, 3.63) is 11.9 Å². The lowest BCUT2D eigenvalue weighted by atomic mass is 10.2. The van der Waals surface area contributed by atoms with Crippen LogP contribution < -0.4 is 10.6 Å². The highest BCUT2D eigenvalue weighted by Crippen LogP contribution is 2.13. The quantitative estimate of drug-likeness (QED) is 0.719. The molecule has 0 aliphatic carbocycles. The molecule has 0 aliphatic rings. The van der Waals surface area contributed by atoms with E-state index in [-0.39, 0.29) is 0 Å². The number of methoxy groups -OCH3 is 1. The first-order chi connectivity index (χ1) is 9.19. The molecule has 2 N–H and O–H groups in total. The van der Waals surface area contributed by atoms with Crippen LogP contribution in [0.15, 0.2) is 6.07 Å². The smallest absolute Gasteiger partial charge is 0.132 e. The summed E-state index contributed by atoms with van der Waals surface area (Å²) in [6.07, 6.45) is 2.88. The van der Waals surface area contributed by atoms with E-state index >= 15 is 0 Å². The van der Waals surface area contributed by atoms with E-state index in [1.54, 1.807) is 7.11 Å². The summed E-state index contributed by atoms with van der Waals surface area (Å²) < 4.78 is 5.09. The van der Waals surface area contributed by atoms with E-state index in [2.05, 4.69) is 41.4 Å². The standard InChI is InChI=1S/C14H26N4O/c1-5-8-15-13-10-14(18-12(6-2)17-13)16-11(3)7-9-19-4/h10-11H,5-9H2,1-4H3,(H2,15,16,17,18). The zero-order chi connectivity index (χ0) is 14.1. The first-order valence-corrected chi connectivity index (χ1v) is 7.06. The van der Waals surface area contributed by atoms with Gasteiger partial charge in [0.25, 0.3) is 0 Å². The third kappa shape index (κ3) is 5.87. The van der Waals surface area contributed by atoms with Crippen molar-refractivity contribution in [1.29, 1.82) is 0 Å². The largest absolute Gasteiger partial charge is 0.385 e. The van der Waals surface area contributed by atoms with E-state index in [4.69, 9.17) is 4.74 Å². The number of aryl methyl sites for hydroxylation is 1. The number of aromatic nitrogens is 2. The van der Waals surface area contributed by atoms with Gasteiger partial charge in [-0.25, -0.2) is 9.97 Å². The number of rotatable bonds is 9. The topological polar surface area (TPSA) is 59.1 Å². The maximum atomic E-state index is 5.09. The molecule has 1 heterocycles. The fourth-order valence-corrected chi connectivity index (χ4v) is 1.69.